The molecular formula is C43H44ClF3N4O8S2. The minimum Gasteiger partial charge on any atom is -0.406 e. The minimum atomic E-state index is -4.68. The van der Waals surface area contributed by atoms with Crippen LogP contribution in [0.3, 0.4) is 0 Å². The van der Waals surface area contributed by atoms with Gasteiger partial charge in [0.15, 0.2) is 0 Å². The van der Waals surface area contributed by atoms with E-state index in [4.69, 9.17) is 20.7 Å². The summed E-state index contributed by atoms with van der Waals surface area (Å²) in [4.78, 5) is 19.8. The molecule has 324 valence electrons. The summed E-state index contributed by atoms with van der Waals surface area (Å²) in [6.07, 6.45) is -0.546. The molecule has 1 fully saturated rings. The fourth-order valence-corrected chi connectivity index (χ4v) is 7.60. The Balaban J connectivity index is 0.000000259. The number of carbonyl (C=O) groups is 1. The second-order valence-corrected chi connectivity index (χ2v) is 17.4. The zero-order chi connectivity index (χ0) is 44.5. The number of nitrogens with zero attached hydrogens (tertiary/aromatic N) is 3. The van der Waals surface area contributed by atoms with E-state index >= 15 is 0 Å². The van der Waals surface area contributed by atoms with Crippen LogP contribution in [0.1, 0.15) is 64.1 Å². The lowest BCUT2D eigenvalue weighted by Crippen LogP contribution is -2.32. The van der Waals surface area contributed by atoms with Crippen LogP contribution in [0.4, 0.5) is 18.9 Å². The first-order valence-corrected chi connectivity index (χ1v) is 22.2. The van der Waals surface area contributed by atoms with E-state index in [0.717, 1.165) is 59.6 Å². The first-order valence-electron chi connectivity index (χ1n) is 18.9. The summed E-state index contributed by atoms with van der Waals surface area (Å²) < 4.78 is 102. The molecule has 7 rings (SSSR count). The highest BCUT2D eigenvalue weighted by Crippen LogP contribution is 2.32. The summed E-state index contributed by atoms with van der Waals surface area (Å²) in [7, 11) is -8.04. The number of hydrogen-bond acceptors (Lipinski definition) is 8. The van der Waals surface area contributed by atoms with Gasteiger partial charge in [-0.2, -0.15) is 16.8 Å². The van der Waals surface area contributed by atoms with Gasteiger partial charge in [-0.3, -0.25) is 18.3 Å². The molecule has 2 aromatic heterocycles. The molecule has 6 aromatic rings. The average Bonchev–Trinajstić information content (AvgIpc) is 3.58. The summed E-state index contributed by atoms with van der Waals surface area (Å²) in [5.41, 5.74) is 6.91. The molecule has 0 saturated carbocycles. The van der Waals surface area contributed by atoms with Crippen molar-refractivity contribution in [1.82, 2.24) is 14.7 Å². The quantitative estimate of drug-likeness (QED) is 0.119. The lowest BCUT2D eigenvalue weighted by Gasteiger charge is -2.34. The first-order chi connectivity index (χ1) is 28.7. The normalized spacial score (nSPS) is 13.4. The van der Waals surface area contributed by atoms with E-state index in [0.29, 0.717) is 29.3 Å². The Morgan fingerprint density at radius 2 is 1.33 bits per heavy atom. The van der Waals surface area contributed by atoms with Crippen molar-refractivity contribution in [3.05, 3.63) is 154 Å². The molecule has 0 unspecified atom stereocenters. The summed E-state index contributed by atoms with van der Waals surface area (Å²) >= 11 is 6.14. The van der Waals surface area contributed by atoms with E-state index in [9.17, 15) is 34.8 Å². The number of pyridine rings is 1. The van der Waals surface area contributed by atoms with Crippen LogP contribution in [0, 0.1) is 13.8 Å². The minimum absolute atomic E-state index is 0.0666. The Kier molecular flexibility index (Phi) is 15.2. The van der Waals surface area contributed by atoms with Gasteiger partial charge in [0.1, 0.15) is 17.1 Å². The lowest BCUT2D eigenvalue weighted by molar-refractivity contribution is -0.274. The number of nitrogens with one attached hydrogen (secondary N) is 1. The molecule has 12 nitrogen and oxygen atoms in total. The summed E-state index contributed by atoms with van der Waals surface area (Å²) in [6.45, 7) is 7.72. The third kappa shape index (κ3) is 13.5. The molecule has 1 saturated heterocycles. The zero-order valence-electron chi connectivity index (χ0n) is 33.3. The van der Waals surface area contributed by atoms with Crippen molar-refractivity contribution in [2.45, 2.75) is 68.6 Å². The largest absolute Gasteiger partial charge is 0.573 e. The number of anilines is 1. The van der Waals surface area contributed by atoms with Crippen molar-refractivity contribution in [2.24, 2.45) is 0 Å². The Hall–Kier alpha value is -5.46. The molecule has 0 bridgehead atoms. The van der Waals surface area contributed by atoms with Gasteiger partial charge in [0.2, 0.25) is 0 Å². The number of halogens is 4. The van der Waals surface area contributed by atoms with E-state index < -0.39 is 26.6 Å². The Labute approximate surface area is 357 Å². The number of fused-ring (bicyclic) bond motifs is 1. The van der Waals surface area contributed by atoms with Gasteiger partial charge >= 0.3 is 6.36 Å². The second kappa shape index (κ2) is 19.9. The van der Waals surface area contributed by atoms with E-state index in [1.165, 1.54) is 36.4 Å². The van der Waals surface area contributed by atoms with Crippen molar-refractivity contribution in [2.75, 3.05) is 18.0 Å². The van der Waals surface area contributed by atoms with Gasteiger partial charge in [-0.15, -0.1) is 13.2 Å². The average molecular weight is 901 g/mol. The van der Waals surface area contributed by atoms with Crippen LogP contribution in [0.5, 0.6) is 5.75 Å². The third-order valence-electron chi connectivity index (χ3n) is 9.68. The van der Waals surface area contributed by atoms with Gasteiger partial charge in [0, 0.05) is 31.5 Å². The van der Waals surface area contributed by atoms with Crippen molar-refractivity contribution >= 4 is 49.1 Å². The third-order valence-corrected chi connectivity index (χ3v) is 11.6. The molecule has 3 N–H and O–H groups in total. The number of aryl methyl sites for hydroxylation is 3. The lowest BCUT2D eigenvalue weighted by atomic mass is 9.89. The molecule has 61 heavy (non-hydrogen) atoms. The molecule has 3 heterocycles. The standard InChI is InChI=1S/C29H28ClF3N4O2.2C7H8O3S/c1-2-25-27(37-18-22(30)7-12-26(37)35-25)28(38)34-17-19-3-8-23(9-4-19)36-15-13-21(14-16-36)20-5-10-24(11-6-20)39-29(31,32)33;2*1-6-2-4-7(5-3-6)11(8,9)10/h3-12,18,21H,2,13-17H2,1H3,(H,34,38);2*2-5H,1H3,(H,8,9,10). The fraction of sp³-hybridized carbons (Fsp3) is 0.256. The Morgan fingerprint density at radius 1 is 0.803 bits per heavy atom. The molecule has 1 aliphatic heterocycles. The van der Waals surface area contributed by atoms with Crippen molar-refractivity contribution in [3.63, 3.8) is 0 Å². The Morgan fingerprint density at radius 3 is 1.80 bits per heavy atom. The summed E-state index contributed by atoms with van der Waals surface area (Å²) in [5, 5.41) is 3.53. The molecule has 18 heteroatoms. The van der Waals surface area contributed by atoms with Crippen LogP contribution in [-0.2, 0) is 33.2 Å². The van der Waals surface area contributed by atoms with Crippen molar-refractivity contribution in [1.29, 1.82) is 0 Å². The first kappa shape index (κ1) is 46.6. The van der Waals surface area contributed by atoms with Gasteiger partial charge in [-0.1, -0.05) is 78.2 Å². The Bertz CT molecular complexity index is 2560. The van der Waals surface area contributed by atoms with Crippen LogP contribution in [0.15, 0.2) is 125 Å². The topological polar surface area (TPSA) is 168 Å². The second-order valence-electron chi connectivity index (χ2n) is 14.1. The molecule has 0 aliphatic carbocycles. The number of rotatable bonds is 9. The highest BCUT2D eigenvalue weighted by molar-refractivity contribution is 7.86. The van der Waals surface area contributed by atoms with Crippen LogP contribution in [0.25, 0.3) is 5.65 Å². The number of benzene rings is 4. The number of carbonyl (C=O) groups excluding carboxylic acids is 1. The van der Waals surface area contributed by atoms with Gasteiger partial charge < -0.3 is 15.0 Å². The zero-order valence-corrected chi connectivity index (χ0v) is 35.7. The maximum absolute atomic E-state index is 13.0. The molecule has 0 spiro atoms. The number of amides is 1. The smallest absolute Gasteiger partial charge is 0.406 e. The number of alkyl halides is 3. The molecule has 1 amide bonds. The highest BCUT2D eigenvalue weighted by atomic mass is 35.5. The van der Waals surface area contributed by atoms with Crippen molar-refractivity contribution in [3.8, 4) is 5.75 Å². The number of imidazole rings is 1. The predicted octanol–water partition coefficient (Wildman–Crippen LogP) is 9.25. The van der Waals surface area contributed by atoms with Gasteiger partial charge in [-0.25, -0.2) is 4.98 Å². The number of piperidine rings is 1. The van der Waals surface area contributed by atoms with Crippen LogP contribution in [0.2, 0.25) is 5.02 Å². The highest BCUT2D eigenvalue weighted by Gasteiger charge is 2.31. The molecule has 0 atom stereocenters. The number of hydrogen-bond donors (Lipinski definition) is 3. The summed E-state index contributed by atoms with van der Waals surface area (Å²) in [6, 6.07) is 29.8. The van der Waals surface area contributed by atoms with E-state index in [2.05, 4.69) is 32.1 Å². The van der Waals surface area contributed by atoms with Crippen molar-refractivity contribution < 1.29 is 48.6 Å². The van der Waals surface area contributed by atoms with Gasteiger partial charge in [0.25, 0.3) is 26.1 Å². The van der Waals surface area contributed by atoms with E-state index in [-0.39, 0.29) is 27.4 Å². The number of ether oxygens (including phenoxy) is 1. The maximum Gasteiger partial charge on any atom is 0.573 e. The number of aromatic nitrogens is 2. The van der Waals surface area contributed by atoms with Gasteiger partial charge in [0.05, 0.1) is 20.5 Å². The van der Waals surface area contributed by atoms with Crippen LogP contribution < -0.4 is 15.0 Å². The fourth-order valence-electron chi connectivity index (χ4n) is 6.48. The predicted molar refractivity (Wildman–Crippen MR) is 226 cm³/mol. The maximum atomic E-state index is 13.0. The van der Waals surface area contributed by atoms with E-state index in [1.54, 1.807) is 59.1 Å². The summed E-state index contributed by atoms with van der Waals surface area (Å²) in [5.74, 6) is -0.113. The molecule has 4 aromatic carbocycles. The monoisotopic (exact) mass is 900 g/mol. The molecule has 1 aliphatic rings. The molecular weight excluding hydrogens is 857 g/mol. The SMILES string of the molecule is CCc1nc2ccc(Cl)cn2c1C(=O)NCc1ccc(N2CCC(c3ccc(OC(F)(F)F)cc3)CC2)cc1.Cc1ccc(S(=O)(=O)O)cc1.Cc1ccc(S(=O)(=O)O)cc1. The van der Waals surface area contributed by atoms with Crippen LogP contribution in [-0.4, -0.2) is 60.7 Å². The van der Waals surface area contributed by atoms with E-state index in [1.807, 2.05) is 32.9 Å². The van der Waals surface area contributed by atoms with Gasteiger partial charge in [-0.05, 0) is 111 Å². The van der Waals surface area contributed by atoms with Crippen LogP contribution >= 0.6 is 11.6 Å². The molecule has 0 radical (unpaired) electrons.